The van der Waals surface area contributed by atoms with Gasteiger partial charge in [-0.15, -0.1) is 0 Å². The smallest absolute Gasteiger partial charge is 0.138 e. The van der Waals surface area contributed by atoms with Crippen molar-refractivity contribution in [1.82, 2.24) is 10.3 Å². The van der Waals surface area contributed by atoms with Crippen LogP contribution in [0.3, 0.4) is 0 Å². The molecular weight excluding hydrogens is 344 g/mol. The minimum absolute atomic E-state index is 0.277. The van der Waals surface area contributed by atoms with E-state index in [4.69, 9.17) is 16.3 Å². The molecule has 0 amide bonds. The standard InChI is InChI=1S/C22H29ClN2O/c23-21-12-18-15-24-11-10-17(18)13-22(21)26-20-8-6-19(7-9-20)25-14-16-4-2-1-3-5-16/h10-13,15-16,19-20,25H,1-9,14H2. The van der Waals surface area contributed by atoms with Gasteiger partial charge in [0.15, 0.2) is 0 Å². The molecule has 4 rings (SSSR count). The van der Waals surface area contributed by atoms with Gasteiger partial charge in [-0.2, -0.15) is 0 Å². The molecule has 0 aliphatic heterocycles. The van der Waals surface area contributed by atoms with Crippen molar-refractivity contribution in [3.05, 3.63) is 35.6 Å². The third-order valence-corrected chi connectivity index (χ3v) is 6.37. The van der Waals surface area contributed by atoms with E-state index in [0.717, 1.165) is 35.3 Å². The van der Waals surface area contributed by atoms with Crippen molar-refractivity contribution >= 4 is 22.4 Å². The SMILES string of the molecule is Clc1cc2cnccc2cc1OC1CCC(NCC2CCCCC2)CC1. The van der Waals surface area contributed by atoms with E-state index in [1.807, 2.05) is 30.6 Å². The van der Waals surface area contributed by atoms with Gasteiger partial charge >= 0.3 is 0 Å². The average molecular weight is 373 g/mol. The minimum atomic E-state index is 0.277. The number of fused-ring (bicyclic) bond motifs is 1. The Morgan fingerprint density at radius 3 is 2.62 bits per heavy atom. The molecule has 2 fully saturated rings. The maximum absolute atomic E-state index is 6.42. The molecule has 2 aromatic rings. The van der Waals surface area contributed by atoms with Crippen molar-refractivity contribution in [1.29, 1.82) is 0 Å². The molecule has 1 N–H and O–H groups in total. The highest BCUT2D eigenvalue weighted by Crippen LogP contribution is 2.33. The maximum Gasteiger partial charge on any atom is 0.138 e. The number of rotatable bonds is 5. The van der Waals surface area contributed by atoms with Crippen LogP contribution in [0.1, 0.15) is 57.8 Å². The molecule has 0 bridgehead atoms. The molecular formula is C22H29ClN2O. The van der Waals surface area contributed by atoms with Gasteiger partial charge in [0.1, 0.15) is 5.75 Å². The van der Waals surface area contributed by atoms with Gasteiger partial charge in [-0.05, 0) is 74.6 Å². The summed E-state index contributed by atoms with van der Waals surface area (Å²) < 4.78 is 6.26. The zero-order valence-electron chi connectivity index (χ0n) is 15.4. The van der Waals surface area contributed by atoms with Crippen molar-refractivity contribution in [2.45, 2.75) is 69.9 Å². The van der Waals surface area contributed by atoms with Gasteiger partial charge < -0.3 is 10.1 Å². The second-order valence-electron chi connectivity index (χ2n) is 8.01. The summed E-state index contributed by atoms with van der Waals surface area (Å²) in [5.41, 5.74) is 0. The lowest BCUT2D eigenvalue weighted by atomic mass is 9.88. The molecule has 1 aromatic carbocycles. The molecule has 4 heteroatoms. The molecule has 0 saturated heterocycles. The van der Waals surface area contributed by atoms with Crippen molar-refractivity contribution < 1.29 is 4.74 Å². The summed E-state index contributed by atoms with van der Waals surface area (Å²) in [5.74, 6) is 1.72. The molecule has 26 heavy (non-hydrogen) atoms. The number of hydrogen-bond donors (Lipinski definition) is 1. The van der Waals surface area contributed by atoms with Gasteiger partial charge in [0.2, 0.25) is 0 Å². The number of aromatic nitrogens is 1. The first-order chi connectivity index (χ1) is 12.8. The minimum Gasteiger partial charge on any atom is -0.489 e. The summed E-state index contributed by atoms with van der Waals surface area (Å²) in [4.78, 5) is 4.15. The topological polar surface area (TPSA) is 34.1 Å². The van der Waals surface area contributed by atoms with Crippen LogP contribution in [0.15, 0.2) is 30.6 Å². The second kappa shape index (κ2) is 8.58. The van der Waals surface area contributed by atoms with Crippen LogP contribution in [-0.4, -0.2) is 23.7 Å². The summed E-state index contributed by atoms with van der Waals surface area (Å²) in [6.45, 7) is 1.21. The van der Waals surface area contributed by atoms with Crippen molar-refractivity contribution in [3.63, 3.8) is 0 Å². The fourth-order valence-corrected chi connectivity index (χ4v) is 4.68. The molecule has 3 nitrogen and oxygen atoms in total. The Bertz CT molecular complexity index is 721. The number of hydrogen-bond acceptors (Lipinski definition) is 3. The third-order valence-electron chi connectivity index (χ3n) is 6.08. The van der Waals surface area contributed by atoms with E-state index in [2.05, 4.69) is 10.3 Å². The second-order valence-corrected chi connectivity index (χ2v) is 8.42. The van der Waals surface area contributed by atoms with Crippen molar-refractivity contribution in [3.8, 4) is 5.75 Å². The van der Waals surface area contributed by atoms with E-state index >= 15 is 0 Å². The Kier molecular flexibility index (Phi) is 5.96. The third kappa shape index (κ3) is 4.50. The first kappa shape index (κ1) is 18.1. The van der Waals surface area contributed by atoms with Crippen LogP contribution in [0, 0.1) is 5.92 Å². The highest BCUT2D eigenvalue weighted by atomic mass is 35.5. The van der Waals surface area contributed by atoms with Crippen molar-refractivity contribution in [2.24, 2.45) is 5.92 Å². The van der Waals surface area contributed by atoms with Crippen LogP contribution in [0.2, 0.25) is 5.02 Å². The molecule has 1 aromatic heterocycles. The molecule has 0 radical (unpaired) electrons. The average Bonchev–Trinajstić information content (AvgIpc) is 2.69. The highest BCUT2D eigenvalue weighted by molar-refractivity contribution is 6.32. The van der Waals surface area contributed by atoms with Crippen LogP contribution < -0.4 is 10.1 Å². The lowest BCUT2D eigenvalue weighted by Crippen LogP contribution is -2.39. The number of pyridine rings is 1. The lowest BCUT2D eigenvalue weighted by Gasteiger charge is -2.31. The summed E-state index contributed by atoms with van der Waals surface area (Å²) in [5, 5.41) is 6.69. The number of nitrogens with zero attached hydrogens (tertiary/aromatic N) is 1. The van der Waals surface area contributed by atoms with Crippen LogP contribution in [-0.2, 0) is 0 Å². The number of benzene rings is 1. The fraction of sp³-hybridized carbons (Fsp3) is 0.591. The Balaban J connectivity index is 1.28. The lowest BCUT2D eigenvalue weighted by molar-refractivity contribution is 0.138. The molecule has 0 atom stereocenters. The van der Waals surface area contributed by atoms with Crippen LogP contribution in [0.5, 0.6) is 5.75 Å². The zero-order valence-corrected chi connectivity index (χ0v) is 16.2. The normalized spacial score (nSPS) is 24.7. The van der Waals surface area contributed by atoms with E-state index in [1.54, 1.807) is 0 Å². The first-order valence-corrected chi connectivity index (χ1v) is 10.6. The largest absolute Gasteiger partial charge is 0.489 e. The van der Waals surface area contributed by atoms with Crippen molar-refractivity contribution in [2.75, 3.05) is 6.54 Å². The highest BCUT2D eigenvalue weighted by Gasteiger charge is 2.24. The molecule has 0 unspecified atom stereocenters. The molecule has 2 aliphatic carbocycles. The van der Waals surface area contributed by atoms with E-state index in [-0.39, 0.29) is 6.10 Å². The summed E-state index contributed by atoms with van der Waals surface area (Å²) in [6.07, 6.45) is 15.7. The molecule has 0 spiro atoms. The van der Waals surface area contributed by atoms with E-state index in [9.17, 15) is 0 Å². The van der Waals surface area contributed by atoms with Gasteiger partial charge in [0.25, 0.3) is 0 Å². The van der Waals surface area contributed by atoms with E-state index in [0.29, 0.717) is 11.1 Å². The number of halogens is 1. The zero-order chi connectivity index (χ0) is 17.8. The Hall–Kier alpha value is -1.32. The first-order valence-electron chi connectivity index (χ1n) is 10.2. The Morgan fingerprint density at radius 2 is 1.81 bits per heavy atom. The van der Waals surface area contributed by atoms with E-state index in [1.165, 1.54) is 51.5 Å². The Morgan fingerprint density at radius 1 is 1.00 bits per heavy atom. The van der Waals surface area contributed by atoms with Crippen LogP contribution in [0.25, 0.3) is 10.8 Å². The van der Waals surface area contributed by atoms with Crippen LogP contribution in [0.4, 0.5) is 0 Å². The maximum atomic E-state index is 6.42. The monoisotopic (exact) mass is 372 g/mol. The summed E-state index contributed by atoms with van der Waals surface area (Å²) in [6, 6.07) is 6.67. The van der Waals surface area contributed by atoms with Gasteiger partial charge in [0.05, 0.1) is 11.1 Å². The number of nitrogens with one attached hydrogen (secondary N) is 1. The predicted octanol–water partition coefficient (Wildman–Crippen LogP) is 5.75. The molecule has 1 heterocycles. The molecule has 2 saturated carbocycles. The quantitative estimate of drug-likeness (QED) is 0.725. The Labute approximate surface area is 161 Å². The molecule has 140 valence electrons. The van der Waals surface area contributed by atoms with Gasteiger partial charge in [0, 0.05) is 23.8 Å². The predicted molar refractivity (Wildman–Crippen MR) is 108 cm³/mol. The number of ether oxygens (including phenoxy) is 1. The van der Waals surface area contributed by atoms with Crippen LogP contribution >= 0.6 is 11.6 Å². The molecule has 2 aliphatic rings. The van der Waals surface area contributed by atoms with Gasteiger partial charge in [-0.3, -0.25) is 4.98 Å². The fourth-order valence-electron chi connectivity index (χ4n) is 4.47. The summed E-state index contributed by atoms with van der Waals surface area (Å²) >= 11 is 6.42. The summed E-state index contributed by atoms with van der Waals surface area (Å²) in [7, 11) is 0. The van der Waals surface area contributed by atoms with E-state index < -0.39 is 0 Å². The van der Waals surface area contributed by atoms with Gasteiger partial charge in [-0.25, -0.2) is 0 Å². The van der Waals surface area contributed by atoms with Gasteiger partial charge in [-0.1, -0.05) is 30.9 Å².